The molecule has 0 aliphatic rings. The summed E-state index contributed by atoms with van der Waals surface area (Å²) in [6, 6.07) is 5.83. The van der Waals surface area contributed by atoms with Crippen LogP contribution in [0.2, 0.25) is 0 Å². The highest BCUT2D eigenvalue weighted by atomic mass is 19.1. The molecule has 0 aliphatic carbocycles. The van der Waals surface area contributed by atoms with Crippen molar-refractivity contribution >= 4 is 10.8 Å². The zero-order chi connectivity index (χ0) is 14.2. The van der Waals surface area contributed by atoms with Gasteiger partial charge in [0, 0.05) is 12.3 Å². The lowest BCUT2D eigenvalue weighted by atomic mass is 9.95. The van der Waals surface area contributed by atoms with Gasteiger partial charge in [0.15, 0.2) is 11.6 Å². The van der Waals surface area contributed by atoms with Crippen LogP contribution in [0.25, 0.3) is 10.8 Å². The maximum absolute atomic E-state index is 13.9. The zero-order valence-corrected chi connectivity index (χ0v) is 11.1. The molecule has 102 valence electrons. The monoisotopic (exact) mass is 266 g/mol. The first-order valence-corrected chi connectivity index (χ1v) is 6.16. The van der Waals surface area contributed by atoms with Crippen LogP contribution in [0.1, 0.15) is 32.3 Å². The number of hydrogen-bond donors (Lipinski definition) is 1. The molecule has 0 aromatic heterocycles. The molecule has 1 N–H and O–H groups in total. The molecule has 0 aliphatic heterocycles. The molecular formula is C15H16F2O2. The fourth-order valence-corrected chi connectivity index (χ4v) is 2.16. The van der Waals surface area contributed by atoms with Crippen LogP contribution in [0.5, 0.6) is 11.5 Å². The van der Waals surface area contributed by atoms with Crippen molar-refractivity contribution in [1.82, 2.24) is 0 Å². The molecule has 0 saturated carbocycles. The normalized spacial score (nSPS) is 12.9. The predicted molar refractivity (Wildman–Crippen MR) is 70.9 cm³/mol. The Hall–Kier alpha value is -1.84. The summed E-state index contributed by atoms with van der Waals surface area (Å²) in [5.41, 5.74) is 0.727. The Kier molecular flexibility index (Phi) is 3.60. The number of fused-ring (bicyclic) bond motifs is 1. The second kappa shape index (κ2) is 5.03. The number of aromatic hydroxyl groups is 1. The van der Waals surface area contributed by atoms with E-state index in [1.54, 1.807) is 12.1 Å². The van der Waals surface area contributed by atoms with Crippen molar-refractivity contribution in [3.8, 4) is 11.5 Å². The predicted octanol–water partition coefficient (Wildman–Crippen LogP) is 4.50. The summed E-state index contributed by atoms with van der Waals surface area (Å²) in [7, 11) is 0. The maximum Gasteiger partial charge on any atom is 0.236 e. The van der Waals surface area contributed by atoms with Gasteiger partial charge in [-0.2, -0.15) is 0 Å². The molecule has 0 heterocycles. The molecule has 0 radical (unpaired) electrons. The van der Waals surface area contributed by atoms with Gasteiger partial charge in [-0.05, 0) is 35.1 Å². The SMILES string of the molecule is CC(F)Oc1c(F)ccc2cc(O)cc(C(C)C)c12. The fourth-order valence-electron chi connectivity index (χ4n) is 2.16. The first-order chi connectivity index (χ1) is 8.90. The van der Waals surface area contributed by atoms with E-state index in [4.69, 9.17) is 4.74 Å². The van der Waals surface area contributed by atoms with Crippen molar-refractivity contribution in [1.29, 1.82) is 0 Å². The van der Waals surface area contributed by atoms with E-state index < -0.39 is 12.2 Å². The van der Waals surface area contributed by atoms with Crippen molar-refractivity contribution in [2.24, 2.45) is 0 Å². The third-order valence-corrected chi connectivity index (χ3v) is 2.94. The lowest BCUT2D eigenvalue weighted by Crippen LogP contribution is -2.07. The van der Waals surface area contributed by atoms with E-state index in [1.165, 1.54) is 19.1 Å². The molecule has 2 aromatic rings. The number of benzene rings is 2. The number of phenols is 1. The third-order valence-electron chi connectivity index (χ3n) is 2.94. The van der Waals surface area contributed by atoms with Crippen LogP contribution in [-0.2, 0) is 0 Å². The second-order valence-corrected chi connectivity index (χ2v) is 4.83. The Balaban J connectivity index is 2.81. The van der Waals surface area contributed by atoms with E-state index in [0.29, 0.717) is 10.8 Å². The molecule has 4 heteroatoms. The Morgan fingerprint density at radius 1 is 1.16 bits per heavy atom. The number of rotatable bonds is 3. The maximum atomic E-state index is 13.9. The molecule has 1 unspecified atom stereocenters. The van der Waals surface area contributed by atoms with Crippen molar-refractivity contribution in [2.75, 3.05) is 0 Å². The standard InChI is InChI=1S/C15H16F2O2/c1-8(2)12-7-11(18)6-10-4-5-13(17)15(14(10)12)19-9(3)16/h4-9,18H,1-3H3. The zero-order valence-electron chi connectivity index (χ0n) is 11.1. The highest BCUT2D eigenvalue weighted by molar-refractivity contribution is 5.93. The largest absolute Gasteiger partial charge is 0.508 e. The Bertz CT molecular complexity index is 607. The minimum absolute atomic E-state index is 0.0497. The van der Waals surface area contributed by atoms with E-state index in [-0.39, 0.29) is 17.4 Å². The quantitative estimate of drug-likeness (QED) is 0.886. The van der Waals surface area contributed by atoms with Crippen molar-refractivity contribution in [3.05, 3.63) is 35.6 Å². The van der Waals surface area contributed by atoms with Crippen LogP contribution in [0, 0.1) is 5.82 Å². The minimum atomic E-state index is -1.60. The molecule has 0 spiro atoms. The van der Waals surface area contributed by atoms with Crippen LogP contribution in [0.3, 0.4) is 0 Å². The molecule has 2 nitrogen and oxygen atoms in total. The highest BCUT2D eigenvalue weighted by Crippen LogP contribution is 2.38. The van der Waals surface area contributed by atoms with Crippen LogP contribution in [0.4, 0.5) is 8.78 Å². The number of ether oxygens (including phenoxy) is 1. The molecule has 2 aromatic carbocycles. The van der Waals surface area contributed by atoms with E-state index in [1.807, 2.05) is 13.8 Å². The smallest absolute Gasteiger partial charge is 0.236 e. The average Bonchev–Trinajstić information content (AvgIpc) is 2.31. The number of hydrogen-bond acceptors (Lipinski definition) is 2. The Morgan fingerprint density at radius 3 is 2.42 bits per heavy atom. The average molecular weight is 266 g/mol. The number of alkyl halides is 1. The van der Waals surface area contributed by atoms with Crippen molar-refractivity contribution in [2.45, 2.75) is 33.0 Å². The molecule has 0 bridgehead atoms. The summed E-state index contributed by atoms with van der Waals surface area (Å²) >= 11 is 0. The van der Waals surface area contributed by atoms with Gasteiger partial charge in [0.05, 0.1) is 0 Å². The summed E-state index contributed by atoms with van der Waals surface area (Å²) < 4.78 is 31.9. The third kappa shape index (κ3) is 2.62. The van der Waals surface area contributed by atoms with Crippen LogP contribution in [-0.4, -0.2) is 11.5 Å². The molecular weight excluding hydrogens is 250 g/mol. The summed E-state index contributed by atoms with van der Waals surface area (Å²) in [5.74, 6) is -0.559. The fraction of sp³-hybridized carbons (Fsp3) is 0.333. The minimum Gasteiger partial charge on any atom is -0.508 e. The summed E-state index contributed by atoms with van der Waals surface area (Å²) in [5, 5.41) is 10.8. The number of halogens is 2. The molecule has 1 atom stereocenters. The van der Waals surface area contributed by atoms with Gasteiger partial charge in [-0.15, -0.1) is 0 Å². The molecule has 0 fully saturated rings. The van der Waals surface area contributed by atoms with E-state index in [9.17, 15) is 13.9 Å². The van der Waals surface area contributed by atoms with Gasteiger partial charge in [0.25, 0.3) is 0 Å². The van der Waals surface area contributed by atoms with E-state index >= 15 is 0 Å². The van der Waals surface area contributed by atoms with Crippen molar-refractivity contribution < 1.29 is 18.6 Å². The molecule has 2 rings (SSSR count). The Morgan fingerprint density at radius 2 is 1.84 bits per heavy atom. The first kappa shape index (κ1) is 13.6. The van der Waals surface area contributed by atoms with Crippen LogP contribution >= 0.6 is 0 Å². The lowest BCUT2D eigenvalue weighted by molar-refractivity contribution is 0.0832. The summed E-state index contributed by atoms with van der Waals surface area (Å²) in [6.07, 6.45) is -1.60. The Labute approximate surface area is 110 Å². The first-order valence-electron chi connectivity index (χ1n) is 6.16. The summed E-state index contributed by atoms with van der Waals surface area (Å²) in [4.78, 5) is 0. The topological polar surface area (TPSA) is 29.5 Å². The van der Waals surface area contributed by atoms with E-state index in [2.05, 4.69) is 0 Å². The van der Waals surface area contributed by atoms with Gasteiger partial charge >= 0.3 is 0 Å². The van der Waals surface area contributed by atoms with Gasteiger partial charge in [-0.25, -0.2) is 8.78 Å². The molecule has 0 saturated heterocycles. The molecule has 0 amide bonds. The van der Waals surface area contributed by atoms with Crippen LogP contribution in [0.15, 0.2) is 24.3 Å². The van der Waals surface area contributed by atoms with Gasteiger partial charge in [-0.3, -0.25) is 0 Å². The molecule has 19 heavy (non-hydrogen) atoms. The van der Waals surface area contributed by atoms with Gasteiger partial charge in [-0.1, -0.05) is 19.9 Å². The second-order valence-electron chi connectivity index (χ2n) is 4.83. The summed E-state index contributed by atoms with van der Waals surface area (Å²) in [6.45, 7) is 5.04. The number of phenolic OH excluding ortho intramolecular Hbond substituents is 1. The van der Waals surface area contributed by atoms with Crippen LogP contribution < -0.4 is 4.74 Å². The van der Waals surface area contributed by atoms with Gasteiger partial charge in [0.2, 0.25) is 6.36 Å². The lowest BCUT2D eigenvalue weighted by Gasteiger charge is -2.16. The van der Waals surface area contributed by atoms with Gasteiger partial charge in [0.1, 0.15) is 5.75 Å². The van der Waals surface area contributed by atoms with Crippen molar-refractivity contribution in [3.63, 3.8) is 0 Å². The highest BCUT2D eigenvalue weighted by Gasteiger charge is 2.17. The van der Waals surface area contributed by atoms with E-state index in [0.717, 1.165) is 5.56 Å². The van der Waals surface area contributed by atoms with Gasteiger partial charge < -0.3 is 9.84 Å².